The smallest absolute Gasteiger partial charge is 0.125 e. The topological polar surface area (TPSA) is 41.5 Å². The second kappa shape index (κ2) is 7.51. The predicted octanol–water partition coefficient (Wildman–Crippen LogP) is 3.07. The molecule has 1 unspecified atom stereocenters. The maximum atomic E-state index is 10.7. The van der Waals surface area contributed by atoms with Gasteiger partial charge < -0.3 is 15.2 Å². The van der Waals surface area contributed by atoms with Crippen molar-refractivity contribution in [2.45, 2.75) is 52.2 Å². The first kappa shape index (κ1) is 16.0. The van der Waals surface area contributed by atoms with Gasteiger partial charge in [0.25, 0.3) is 0 Å². The van der Waals surface area contributed by atoms with Crippen LogP contribution in [0, 0.1) is 0 Å². The van der Waals surface area contributed by atoms with Crippen LogP contribution < -0.4 is 10.1 Å². The van der Waals surface area contributed by atoms with Gasteiger partial charge in [-0.25, -0.2) is 0 Å². The maximum Gasteiger partial charge on any atom is 0.125 e. The molecule has 108 valence electrons. The summed E-state index contributed by atoms with van der Waals surface area (Å²) in [6, 6.07) is 7.74. The van der Waals surface area contributed by atoms with Gasteiger partial charge in [-0.1, -0.05) is 25.1 Å². The molecular weight excluding hydrogens is 238 g/mol. The lowest BCUT2D eigenvalue weighted by Crippen LogP contribution is -2.29. The van der Waals surface area contributed by atoms with E-state index in [2.05, 4.69) is 12.2 Å². The number of ether oxygens (including phenoxy) is 1. The van der Waals surface area contributed by atoms with Gasteiger partial charge in [0, 0.05) is 5.56 Å². The van der Waals surface area contributed by atoms with Crippen molar-refractivity contribution < 1.29 is 9.84 Å². The molecule has 0 heterocycles. The average Bonchev–Trinajstić information content (AvgIpc) is 2.34. The van der Waals surface area contributed by atoms with E-state index in [1.165, 1.54) is 0 Å². The monoisotopic (exact) mass is 265 g/mol. The second-order valence-corrected chi connectivity index (χ2v) is 5.44. The summed E-state index contributed by atoms with van der Waals surface area (Å²) in [6.07, 6.45) is 1.89. The highest BCUT2D eigenvalue weighted by molar-refractivity contribution is 5.37. The van der Waals surface area contributed by atoms with E-state index in [-0.39, 0.29) is 6.10 Å². The van der Waals surface area contributed by atoms with Crippen LogP contribution in [-0.2, 0) is 5.60 Å². The third-order valence-corrected chi connectivity index (χ3v) is 3.05. The molecule has 0 aromatic heterocycles. The first-order chi connectivity index (χ1) is 8.97. The van der Waals surface area contributed by atoms with Crippen molar-refractivity contribution in [1.29, 1.82) is 0 Å². The maximum absolute atomic E-state index is 10.7. The second-order valence-electron chi connectivity index (χ2n) is 5.44. The fraction of sp³-hybridized carbons (Fsp3) is 0.625. The molecule has 0 aliphatic rings. The molecule has 1 aromatic rings. The molecule has 3 nitrogen and oxygen atoms in total. The number of hydrogen-bond donors (Lipinski definition) is 2. The molecule has 0 saturated heterocycles. The molecule has 0 aliphatic heterocycles. The molecule has 0 bridgehead atoms. The highest BCUT2D eigenvalue weighted by Crippen LogP contribution is 2.32. The Hall–Kier alpha value is -1.06. The van der Waals surface area contributed by atoms with Gasteiger partial charge in [0.2, 0.25) is 0 Å². The molecule has 19 heavy (non-hydrogen) atoms. The zero-order valence-electron chi connectivity index (χ0n) is 12.6. The van der Waals surface area contributed by atoms with Gasteiger partial charge >= 0.3 is 0 Å². The Balaban J connectivity index is 2.75. The molecule has 0 fully saturated rings. The molecule has 1 atom stereocenters. The quantitative estimate of drug-likeness (QED) is 0.710. The Morgan fingerprint density at radius 2 is 1.95 bits per heavy atom. The van der Waals surface area contributed by atoms with Crippen molar-refractivity contribution in [2.75, 3.05) is 13.1 Å². The van der Waals surface area contributed by atoms with E-state index in [0.29, 0.717) is 6.42 Å². The van der Waals surface area contributed by atoms with E-state index >= 15 is 0 Å². The van der Waals surface area contributed by atoms with Gasteiger partial charge in [-0.05, 0) is 52.8 Å². The van der Waals surface area contributed by atoms with Crippen LogP contribution >= 0.6 is 0 Å². The number of rotatable bonds is 8. The summed E-state index contributed by atoms with van der Waals surface area (Å²) in [5.74, 6) is 0.776. The summed E-state index contributed by atoms with van der Waals surface area (Å²) in [6.45, 7) is 9.76. The van der Waals surface area contributed by atoms with Gasteiger partial charge in [-0.15, -0.1) is 0 Å². The van der Waals surface area contributed by atoms with Crippen molar-refractivity contribution in [3.63, 3.8) is 0 Å². The summed E-state index contributed by atoms with van der Waals surface area (Å²) in [5.41, 5.74) is -0.00586. The first-order valence-corrected chi connectivity index (χ1v) is 7.16. The fourth-order valence-electron chi connectivity index (χ4n) is 2.04. The lowest BCUT2D eigenvalue weighted by Gasteiger charge is -2.27. The van der Waals surface area contributed by atoms with Gasteiger partial charge in [0.15, 0.2) is 0 Å². The van der Waals surface area contributed by atoms with E-state index in [9.17, 15) is 5.11 Å². The van der Waals surface area contributed by atoms with Crippen LogP contribution in [0.5, 0.6) is 5.75 Å². The van der Waals surface area contributed by atoms with Crippen molar-refractivity contribution in [1.82, 2.24) is 5.32 Å². The summed E-state index contributed by atoms with van der Waals surface area (Å²) >= 11 is 0. The number of para-hydroxylation sites is 1. The molecule has 1 aromatic carbocycles. The van der Waals surface area contributed by atoms with E-state index in [0.717, 1.165) is 30.8 Å². The van der Waals surface area contributed by atoms with Crippen LogP contribution in [0.1, 0.15) is 46.1 Å². The van der Waals surface area contributed by atoms with Crippen molar-refractivity contribution >= 4 is 0 Å². The third-order valence-electron chi connectivity index (χ3n) is 3.05. The summed E-state index contributed by atoms with van der Waals surface area (Å²) in [7, 11) is 0. The lowest BCUT2D eigenvalue weighted by molar-refractivity contribution is 0.0438. The van der Waals surface area contributed by atoms with Crippen molar-refractivity contribution in [2.24, 2.45) is 0 Å². The third kappa shape index (κ3) is 5.21. The molecule has 3 heteroatoms. The minimum Gasteiger partial charge on any atom is -0.491 e. The lowest BCUT2D eigenvalue weighted by atomic mass is 9.91. The average molecular weight is 265 g/mol. The highest BCUT2D eigenvalue weighted by atomic mass is 16.5. The number of benzene rings is 1. The van der Waals surface area contributed by atoms with Crippen LogP contribution in [-0.4, -0.2) is 24.3 Å². The predicted molar refractivity (Wildman–Crippen MR) is 79.6 cm³/mol. The zero-order chi connectivity index (χ0) is 14.3. The molecule has 0 saturated carbocycles. The van der Waals surface area contributed by atoms with E-state index < -0.39 is 5.60 Å². The Bertz CT molecular complexity index is 375. The first-order valence-electron chi connectivity index (χ1n) is 7.16. The summed E-state index contributed by atoms with van der Waals surface area (Å²) in [4.78, 5) is 0. The normalized spacial score (nSPS) is 14.4. The SMILES string of the molecule is CCCNCCC(C)(O)c1ccccc1OC(C)C. The molecule has 0 amide bonds. The van der Waals surface area contributed by atoms with Crippen LogP contribution in [0.15, 0.2) is 24.3 Å². The fourth-order valence-corrected chi connectivity index (χ4v) is 2.04. The Labute approximate surface area is 117 Å². The highest BCUT2D eigenvalue weighted by Gasteiger charge is 2.26. The molecule has 2 N–H and O–H groups in total. The van der Waals surface area contributed by atoms with Crippen molar-refractivity contribution in [3.8, 4) is 5.75 Å². The van der Waals surface area contributed by atoms with Crippen molar-refractivity contribution in [3.05, 3.63) is 29.8 Å². The summed E-state index contributed by atoms with van der Waals surface area (Å²) < 4.78 is 5.78. The zero-order valence-corrected chi connectivity index (χ0v) is 12.6. The number of hydrogen-bond acceptors (Lipinski definition) is 3. The minimum atomic E-state index is -0.869. The Morgan fingerprint density at radius 3 is 2.58 bits per heavy atom. The van der Waals surface area contributed by atoms with Gasteiger partial charge in [-0.2, -0.15) is 0 Å². The molecule has 0 spiro atoms. The minimum absolute atomic E-state index is 0.107. The standard InChI is InChI=1S/C16H27NO2/c1-5-11-17-12-10-16(4,18)14-8-6-7-9-15(14)19-13(2)3/h6-9,13,17-18H,5,10-12H2,1-4H3. The number of nitrogens with one attached hydrogen (secondary N) is 1. The van der Waals surface area contributed by atoms with Crippen LogP contribution in [0.4, 0.5) is 0 Å². The van der Waals surface area contributed by atoms with Gasteiger partial charge in [0.1, 0.15) is 5.75 Å². The van der Waals surface area contributed by atoms with E-state index in [1.54, 1.807) is 0 Å². The van der Waals surface area contributed by atoms with Crippen LogP contribution in [0.2, 0.25) is 0 Å². The van der Waals surface area contributed by atoms with E-state index in [4.69, 9.17) is 4.74 Å². The summed E-state index contributed by atoms with van der Waals surface area (Å²) in [5, 5.41) is 14.0. The molecular formula is C16H27NO2. The van der Waals surface area contributed by atoms with Gasteiger partial charge in [-0.3, -0.25) is 0 Å². The number of aliphatic hydroxyl groups is 1. The van der Waals surface area contributed by atoms with E-state index in [1.807, 2.05) is 45.0 Å². The Kier molecular flexibility index (Phi) is 6.32. The molecule has 1 rings (SSSR count). The molecule has 0 aliphatic carbocycles. The largest absolute Gasteiger partial charge is 0.491 e. The van der Waals surface area contributed by atoms with Crippen LogP contribution in [0.25, 0.3) is 0 Å². The Morgan fingerprint density at radius 1 is 1.26 bits per heavy atom. The van der Waals surface area contributed by atoms with Gasteiger partial charge in [0.05, 0.1) is 11.7 Å². The molecule has 0 radical (unpaired) electrons. The van der Waals surface area contributed by atoms with Crippen LogP contribution in [0.3, 0.4) is 0 Å².